The summed E-state index contributed by atoms with van der Waals surface area (Å²) < 4.78 is 0. The van der Waals surface area contributed by atoms with Crippen LogP contribution < -0.4 is 5.32 Å². The Balaban J connectivity index is 2.11. The van der Waals surface area contributed by atoms with Crippen molar-refractivity contribution in [1.29, 1.82) is 0 Å². The highest BCUT2D eigenvalue weighted by atomic mass is 32.2. The molecule has 1 N–H and O–H groups in total. The van der Waals surface area contributed by atoms with Crippen LogP contribution in [0.1, 0.15) is 37.3 Å². The lowest BCUT2D eigenvalue weighted by molar-refractivity contribution is 0.635. The molecule has 1 aromatic carbocycles. The quantitative estimate of drug-likeness (QED) is 0.549. The van der Waals surface area contributed by atoms with E-state index < -0.39 is 0 Å². The summed E-state index contributed by atoms with van der Waals surface area (Å²) in [6.45, 7) is 8.89. The van der Waals surface area contributed by atoms with Crippen molar-refractivity contribution in [2.45, 2.75) is 44.9 Å². The average Bonchev–Trinajstić information content (AvgIpc) is 2.32. The van der Waals surface area contributed by atoms with Crippen molar-refractivity contribution in [1.82, 2.24) is 5.32 Å². The van der Waals surface area contributed by atoms with E-state index in [-0.39, 0.29) is 0 Å². The first-order chi connectivity index (χ1) is 8.24. The molecule has 17 heavy (non-hydrogen) atoms. The molecule has 0 radical (unpaired) electrons. The van der Waals surface area contributed by atoms with Crippen LogP contribution in [0.4, 0.5) is 0 Å². The Hall–Kier alpha value is -0.470. The van der Waals surface area contributed by atoms with E-state index in [1.165, 1.54) is 47.6 Å². The zero-order valence-electron chi connectivity index (χ0n) is 11.4. The van der Waals surface area contributed by atoms with Crippen LogP contribution in [-0.4, -0.2) is 18.8 Å². The molecule has 0 heterocycles. The number of hydrogen-bond donors (Lipinski definition) is 1. The van der Waals surface area contributed by atoms with Gasteiger partial charge in [0.05, 0.1) is 0 Å². The van der Waals surface area contributed by atoms with Crippen molar-refractivity contribution in [3.63, 3.8) is 0 Å². The van der Waals surface area contributed by atoms with Gasteiger partial charge < -0.3 is 5.32 Å². The highest BCUT2D eigenvalue weighted by Gasteiger charge is 1.97. The standard InChI is InChI=1S/C15H25NS/c1-4-9-16-10-5-6-11-17-15-8-7-13(2)14(3)12-15/h7-8,12,16H,4-6,9-11H2,1-3H3. The minimum atomic E-state index is 1.16. The molecule has 0 atom stereocenters. The summed E-state index contributed by atoms with van der Waals surface area (Å²) in [6.07, 6.45) is 3.82. The maximum absolute atomic E-state index is 3.44. The first-order valence-corrected chi connectivity index (χ1v) is 7.63. The van der Waals surface area contributed by atoms with Gasteiger partial charge in [0.1, 0.15) is 0 Å². The average molecular weight is 251 g/mol. The molecule has 2 heteroatoms. The van der Waals surface area contributed by atoms with E-state index in [1.54, 1.807) is 0 Å². The van der Waals surface area contributed by atoms with Gasteiger partial charge in [-0.3, -0.25) is 0 Å². The van der Waals surface area contributed by atoms with Gasteiger partial charge in [-0.05, 0) is 75.2 Å². The summed E-state index contributed by atoms with van der Waals surface area (Å²) in [6, 6.07) is 6.76. The molecule has 0 aliphatic heterocycles. The molecule has 0 aromatic heterocycles. The van der Waals surface area contributed by atoms with E-state index in [0.29, 0.717) is 0 Å². The van der Waals surface area contributed by atoms with Gasteiger partial charge in [0.25, 0.3) is 0 Å². The third kappa shape index (κ3) is 6.13. The number of hydrogen-bond acceptors (Lipinski definition) is 2. The van der Waals surface area contributed by atoms with Gasteiger partial charge in [-0.25, -0.2) is 0 Å². The van der Waals surface area contributed by atoms with E-state index in [4.69, 9.17) is 0 Å². The Morgan fingerprint density at radius 1 is 1.06 bits per heavy atom. The second kappa shape index (κ2) is 8.60. The maximum atomic E-state index is 3.44. The zero-order valence-corrected chi connectivity index (χ0v) is 12.2. The molecule has 96 valence electrons. The van der Waals surface area contributed by atoms with E-state index >= 15 is 0 Å². The summed E-state index contributed by atoms with van der Waals surface area (Å²) >= 11 is 1.98. The van der Waals surface area contributed by atoms with Crippen LogP contribution in [0, 0.1) is 13.8 Å². The van der Waals surface area contributed by atoms with Crippen LogP contribution in [0.5, 0.6) is 0 Å². The van der Waals surface area contributed by atoms with Gasteiger partial charge in [-0.15, -0.1) is 11.8 Å². The molecular formula is C15H25NS. The van der Waals surface area contributed by atoms with Gasteiger partial charge in [0, 0.05) is 4.90 Å². The molecule has 0 saturated carbocycles. The van der Waals surface area contributed by atoms with Crippen LogP contribution >= 0.6 is 11.8 Å². The topological polar surface area (TPSA) is 12.0 Å². The number of benzene rings is 1. The SMILES string of the molecule is CCCNCCCCSc1ccc(C)c(C)c1. The van der Waals surface area contributed by atoms with Crippen molar-refractivity contribution in [3.05, 3.63) is 29.3 Å². The molecule has 1 aromatic rings. The van der Waals surface area contributed by atoms with Crippen molar-refractivity contribution in [3.8, 4) is 0 Å². The second-order valence-corrected chi connectivity index (χ2v) is 5.72. The minimum Gasteiger partial charge on any atom is -0.317 e. The summed E-state index contributed by atoms with van der Waals surface area (Å²) in [5.41, 5.74) is 2.79. The number of rotatable bonds is 8. The number of nitrogens with one attached hydrogen (secondary N) is 1. The Labute approximate surface area is 110 Å². The van der Waals surface area contributed by atoms with Crippen molar-refractivity contribution >= 4 is 11.8 Å². The summed E-state index contributed by atoms with van der Waals surface area (Å²) in [5.74, 6) is 1.23. The van der Waals surface area contributed by atoms with E-state index in [9.17, 15) is 0 Å². The second-order valence-electron chi connectivity index (χ2n) is 4.55. The Bertz CT molecular complexity index is 323. The third-order valence-electron chi connectivity index (χ3n) is 2.92. The fourth-order valence-corrected chi connectivity index (χ4v) is 2.66. The van der Waals surface area contributed by atoms with Crippen LogP contribution in [0.3, 0.4) is 0 Å². The predicted octanol–water partition coefficient (Wildman–Crippen LogP) is 4.18. The van der Waals surface area contributed by atoms with E-state index in [2.05, 4.69) is 44.3 Å². The first kappa shape index (κ1) is 14.6. The van der Waals surface area contributed by atoms with E-state index in [1.807, 2.05) is 11.8 Å². The summed E-state index contributed by atoms with van der Waals surface area (Å²) in [4.78, 5) is 1.41. The summed E-state index contributed by atoms with van der Waals surface area (Å²) in [5, 5.41) is 3.44. The first-order valence-electron chi connectivity index (χ1n) is 6.65. The lowest BCUT2D eigenvalue weighted by Crippen LogP contribution is -2.15. The van der Waals surface area contributed by atoms with Crippen molar-refractivity contribution < 1.29 is 0 Å². The van der Waals surface area contributed by atoms with Crippen molar-refractivity contribution in [2.75, 3.05) is 18.8 Å². The monoisotopic (exact) mass is 251 g/mol. The van der Waals surface area contributed by atoms with Crippen LogP contribution in [0.2, 0.25) is 0 Å². The number of aryl methyl sites for hydroxylation is 2. The molecule has 0 saturated heterocycles. The predicted molar refractivity (Wildman–Crippen MR) is 79.0 cm³/mol. The Kier molecular flexibility index (Phi) is 7.38. The normalized spacial score (nSPS) is 10.8. The van der Waals surface area contributed by atoms with Crippen molar-refractivity contribution in [2.24, 2.45) is 0 Å². The molecule has 0 spiro atoms. The lowest BCUT2D eigenvalue weighted by atomic mass is 10.1. The lowest BCUT2D eigenvalue weighted by Gasteiger charge is -2.05. The minimum absolute atomic E-state index is 1.16. The van der Waals surface area contributed by atoms with E-state index in [0.717, 1.165) is 6.54 Å². The zero-order chi connectivity index (χ0) is 12.5. The highest BCUT2D eigenvalue weighted by molar-refractivity contribution is 7.99. The molecule has 0 unspecified atom stereocenters. The van der Waals surface area contributed by atoms with Crippen LogP contribution in [0.25, 0.3) is 0 Å². The van der Waals surface area contributed by atoms with Gasteiger partial charge in [0.15, 0.2) is 0 Å². The fraction of sp³-hybridized carbons (Fsp3) is 0.600. The molecule has 0 amide bonds. The fourth-order valence-electron chi connectivity index (χ4n) is 1.65. The molecule has 1 nitrogen and oxygen atoms in total. The largest absolute Gasteiger partial charge is 0.317 e. The molecule has 0 aliphatic rings. The number of unbranched alkanes of at least 4 members (excludes halogenated alkanes) is 1. The molecule has 1 rings (SSSR count). The van der Waals surface area contributed by atoms with Crippen LogP contribution in [-0.2, 0) is 0 Å². The smallest absolute Gasteiger partial charge is 0.00747 e. The molecule has 0 fully saturated rings. The van der Waals surface area contributed by atoms with Crippen LogP contribution in [0.15, 0.2) is 23.1 Å². The molecule has 0 aliphatic carbocycles. The number of thioether (sulfide) groups is 1. The van der Waals surface area contributed by atoms with Gasteiger partial charge in [-0.2, -0.15) is 0 Å². The van der Waals surface area contributed by atoms with Gasteiger partial charge in [-0.1, -0.05) is 13.0 Å². The van der Waals surface area contributed by atoms with Gasteiger partial charge in [0.2, 0.25) is 0 Å². The maximum Gasteiger partial charge on any atom is 0.00747 e. The van der Waals surface area contributed by atoms with Gasteiger partial charge >= 0.3 is 0 Å². The summed E-state index contributed by atoms with van der Waals surface area (Å²) in [7, 11) is 0. The molecular weight excluding hydrogens is 226 g/mol. The Morgan fingerprint density at radius 3 is 2.59 bits per heavy atom. The Morgan fingerprint density at radius 2 is 1.88 bits per heavy atom. The third-order valence-corrected chi connectivity index (χ3v) is 4.00. The highest BCUT2D eigenvalue weighted by Crippen LogP contribution is 2.21. The molecule has 0 bridgehead atoms.